The van der Waals surface area contributed by atoms with E-state index in [2.05, 4.69) is 29.1 Å². The van der Waals surface area contributed by atoms with Crippen LogP contribution in [0.25, 0.3) is 11.0 Å². The Bertz CT molecular complexity index is 574. The lowest BCUT2D eigenvalue weighted by Crippen LogP contribution is -2.33. The maximum absolute atomic E-state index is 11.8. The quantitative estimate of drug-likeness (QED) is 0.867. The normalized spacial score (nSPS) is 12.6. The van der Waals surface area contributed by atoms with Crippen LogP contribution in [0.15, 0.2) is 18.2 Å². The zero-order valence-electron chi connectivity index (χ0n) is 11.8. The summed E-state index contributed by atoms with van der Waals surface area (Å²) < 4.78 is 0. The van der Waals surface area contributed by atoms with Crippen molar-refractivity contribution in [3.05, 3.63) is 29.6 Å². The Morgan fingerprint density at radius 3 is 2.89 bits per heavy atom. The predicted octanol–water partition coefficient (Wildman–Crippen LogP) is 2.58. The van der Waals surface area contributed by atoms with Crippen LogP contribution in [-0.2, 0) is 17.6 Å². The predicted molar refractivity (Wildman–Crippen MR) is 77.1 cm³/mol. The van der Waals surface area contributed by atoms with Gasteiger partial charge in [0.05, 0.1) is 17.5 Å². The molecule has 0 saturated heterocycles. The summed E-state index contributed by atoms with van der Waals surface area (Å²) in [6.07, 6.45) is 2.25. The lowest BCUT2D eigenvalue weighted by Gasteiger charge is -2.11. The Labute approximate surface area is 113 Å². The molecule has 1 amide bonds. The molecule has 2 rings (SSSR count). The summed E-state index contributed by atoms with van der Waals surface area (Å²) in [6.45, 7) is 6.15. The number of aromatic nitrogens is 2. The number of aromatic amines is 1. The van der Waals surface area contributed by atoms with E-state index in [1.165, 1.54) is 0 Å². The molecule has 1 atom stereocenters. The number of carbonyl (C=O) groups excluding carboxylic acids is 1. The summed E-state index contributed by atoms with van der Waals surface area (Å²) in [5.41, 5.74) is 2.98. The Morgan fingerprint density at radius 1 is 1.42 bits per heavy atom. The Morgan fingerprint density at radius 2 is 2.21 bits per heavy atom. The van der Waals surface area contributed by atoms with Crippen molar-refractivity contribution in [2.45, 2.75) is 46.1 Å². The molecule has 0 saturated carbocycles. The van der Waals surface area contributed by atoms with Crippen LogP contribution in [0, 0.1) is 0 Å². The summed E-state index contributed by atoms with van der Waals surface area (Å²) in [5, 5.41) is 2.98. The van der Waals surface area contributed by atoms with Crippen molar-refractivity contribution in [2.24, 2.45) is 0 Å². The van der Waals surface area contributed by atoms with E-state index in [0.29, 0.717) is 6.42 Å². The fourth-order valence-electron chi connectivity index (χ4n) is 2.00. The van der Waals surface area contributed by atoms with E-state index in [-0.39, 0.29) is 11.9 Å². The van der Waals surface area contributed by atoms with Gasteiger partial charge in [-0.05, 0) is 31.0 Å². The van der Waals surface area contributed by atoms with Crippen molar-refractivity contribution < 1.29 is 4.79 Å². The second-order valence-corrected chi connectivity index (χ2v) is 4.94. The second kappa shape index (κ2) is 5.87. The van der Waals surface area contributed by atoms with Crippen LogP contribution >= 0.6 is 0 Å². The van der Waals surface area contributed by atoms with Crippen LogP contribution in [0.5, 0.6) is 0 Å². The molecule has 0 aliphatic rings. The summed E-state index contributed by atoms with van der Waals surface area (Å²) >= 11 is 0. The van der Waals surface area contributed by atoms with E-state index in [9.17, 15) is 4.79 Å². The van der Waals surface area contributed by atoms with Gasteiger partial charge in [0.15, 0.2) is 0 Å². The van der Waals surface area contributed by atoms with Crippen molar-refractivity contribution in [3.63, 3.8) is 0 Å². The standard InChI is InChI=1S/C15H21N3O/c1-4-10(3)16-15(19)9-11-6-7-12-13(8-11)18-14(5-2)17-12/h6-8,10H,4-5,9H2,1-3H3,(H,16,19)(H,17,18). The lowest BCUT2D eigenvalue weighted by molar-refractivity contribution is -0.121. The van der Waals surface area contributed by atoms with Crippen LogP contribution in [0.2, 0.25) is 0 Å². The Balaban J connectivity index is 2.10. The lowest BCUT2D eigenvalue weighted by atomic mass is 10.1. The van der Waals surface area contributed by atoms with Crippen molar-refractivity contribution in [1.82, 2.24) is 15.3 Å². The van der Waals surface area contributed by atoms with Gasteiger partial charge in [-0.15, -0.1) is 0 Å². The highest BCUT2D eigenvalue weighted by atomic mass is 16.1. The third kappa shape index (κ3) is 3.34. The average Bonchev–Trinajstić information content (AvgIpc) is 2.80. The average molecular weight is 259 g/mol. The molecule has 0 fully saturated rings. The molecular formula is C15H21N3O. The van der Waals surface area contributed by atoms with Gasteiger partial charge in [-0.3, -0.25) is 4.79 Å². The number of H-pyrrole nitrogens is 1. The minimum atomic E-state index is 0.0731. The maximum atomic E-state index is 11.8. The molecule has 1 aromatic carbocycles. The van der Waals surface area contributed by atoms with Crippen LogP contribution in [0.1, 0.15) is 38.6 Å². The zero-order valence-corrected chi connectivity index (χ0v) is 11.8. The number of rotatable bonds is 5. The third-order valence-corrected chi connectivity index (χ3v) is 3.31. The second-order valence-electron chi connectivity index (χ2n) is 4.94. The molecule has 1 aromatic heterocycles. The van der Waals surface area contributed by atoms with Gasteiger partial charge in [0.25, 0.3) is 0 Å². The molecule has 102 valence electrons. The van der Waals surface area contributed by atoms with E-state index >= 15 is 0 Å². The van der Waals surface area contributed by atoms with Crippen LogP contribution < -0.4 is 5.32 Å². The van der Waals surface area contributed by atoms with E-state index in [1.807, 2.05) is 25.1 Å². The first-order valence-corrected chi connectivity index (χ1v) is 6.89. The maximum Gasteiger partial charge on any atom is 0.224 e. The first-order chi connectivity index (χ1) is 9.12. The third-order valence-electron chi connectivity index (χ3n) is 3.31. The Hall–Kier alpha value is -1.84. The van der Waals surface area contributed by atoms with Crippen LogP contribution in [-0.4, -0.2) is 21.9 Å². The minimum Gasteiger partial charge on any atom is -0.353 e. The molecule has 1 heterocycles. The van der Waals surface area contributed by atoms with Gasteiger partial charge in [0.2, 0.25) is 5.91 Å². The summed E-state index contributed by atoms with van der Waals surface area (Å²) in [5.74, 6) is 1.06. The molecular weight excluding hydrogens is 238 g/mol. The van der Waals surface area contributed by atoms with Gasteiger partial charge < -0.3 is 10.3 Å². The van der Waals surface area contributed by atoms with Crippen molar-refractivity contribution >= 4 is 16.9 Å². The molecule has 0 aliphatic carbocycles. The summed E-state index contributed by atoms with van der Waals surface area (Å²) in [7, 11) is 0. The molecule has 4 nitrogen and oxygen atoms in total. The van der Waals surface area contributed by atoms with Gasteiger partial charge in [-0.1, -0.05) is 19.9 Å². The number of hydrogen-bond acceptors (Lipinski definition) is 2. The summed E-state index contributed by atoms with van der Waals surface area (Å²) in [6, 6.07) is 6.18. The monoisotopic (exact) mass is 259 g/mol. The number of benzene rings is 1. The Kier molecular flexibility index (Phi) is 4.20. The van der Waals surface area contributed by atoms with Gasteiger partial charge in [0, 0.05) is 12.5 Å². The van der Waals surface area contributed by atoms with Crippen LogP contribution in [0.4, 0.5) is 0 Å². The van der Waals surface area contributed by atoms with Crippen molar-refractivity contribution in [1.29, 1.82) is 0 Å². The fraction of sp³-hybridized carbons (Fsp3) is 0.467. The molecule has 2 aromatic rings. The highest BCUT2D eigenvalue weighted by Gasteiger charge is 2.08. The van der Waals surface area contributed by atoms with Gasteiger partial charge in [-0.2, -0.15) is 0 Å². The summed E-state index contributed by atoms with van der Waals surface area (Å²) in [4.78, 5) is 19.6. The highest BCUT2D eigenvalue weighted by Crippen LogP contribution is 2.14. The van der Waals surface area contributed by atoms with Crippen molar-refractivity contribution in [3.8, 4) is 0 Å². The topological polar surface area (TPSA) is 57.8 Å². The largest absolute Gasteiger partial charge is 0.353 e. The molecule has 0 aliphatic heterocycles. The van der Waals surface area contributed by atoms with E-state index in [1.54, 1.807) is 0 Å². The molecule has 19 heavy (non-hydrogen) atoms. The van der Waals surface area contributed by atoms with E-state index in [0.717, 1.165) is 35.3 Å². The smallest absolute Gasteiger partial charge is 0.224 e. The number of nitrogens with zero attached hydrogens (tertiary/aromatic N) is 1. The molecule has 1 unspecified atom stereocenters. The molecule has 0 spiro atoms. The number of carbonyl (C=O) groups is 1. The number of imidazole rings is 1. The van der Waals surface area contributed by atoms with E-state index in [4.69, 9.17) is 0 Å². The SMILES string of the molecule is CCc1nc2ccc(CC(=O)NC(C)CC)cc2[nH]1. The number of amides is 1. The number of hydrogen-bond donors (Lipinski definition) is 2. The first-order valence-electron chi connectivity index (χ1n) is 6.89. The molecule has 4 heteroatoms. The van der Waals surface area contributed by atoms with Gasteiger partial charge in [-0.25, -0.2) is 4.98 Å². The fourth-order valence-corrected chi connectivity index (χ4v) is 2.00. The molecule has 0 bridgehead atoms. The number of nitrogens with one attached hydrogen (secondary N) is 2. The van der Waals surface area contributed by atoms with Gasteiger partial charge in [0.1, 0.15) is 5.82 Å². The number of fused-ring (bicyclic) bond motifs is 1. The van der Waals surface area contributed by atoms with E-state index < -0.39 is 0 Å². The first kappa shape index (κ1) is 13.6. The highest BCUT2D eigenvalue weighted by molar-refractivity contribution is 5.81. The minimum absolute atomic E-state index is 0.0731. The molecule has 0 radical (unpaired) electrons. The number of aryl methyl sites for hydroxylation is 1. The zero-order chi connectivity index (χ0) is 13.8. The van der Waals surface area contributed by atoms with Crippen LogP contribution in [0.3, 0.4) is 0 Å². The molecule has 2 N–H and O–H groups in total. The van der Waals surface area contributed by atoms with Gasteiger partial charge >= 0.3 is 0 Å². The van der Waals surface area contributed by atoms with Crippen molar-refractivity contribution in [2.75, 3.05) is 0 Å².